The number of hydrogen-bond donors (Lipinski definition) is 0. The highest BCUT2D eigenvalue weighted by molar-refractivity contribution is 7.22. The van der Waals surface area contributed by atoms with E-state index in [1.165, 1.54) is 22.2 Å². The van der Waals surface area contributed by atoms with Crippen LogP contribution in [0.25, 0.3) is 20.7 Å². The Kier molecular flexibility index (Phi) is 6.80. The van der Waals surface area contributed by atoms with Crippen molar-refractivity contribution in [1.29, 1.82) is 0 Å². The van der Waals surface area contributed by atoms with Gasteiger partial charge >= 0.3 is 12.1 Å². The minimum absolute atomic E-state index is 0.00813. The maximum absolute atomic E-state index is 13.1. The number of nitrogens with zero attached hydrogens (tertiary/aromatic N) is 3. The Bertz CT molecular complexity index is 1520. The number of ketones is 1. The summed E-state index contributed by atoms with van der Waals surface area (Å²) in [5, 5.41) is 0.611. The standard InChI is InChI=1S/C26H21ClF3N3O3S/c27-19-5-3-16(4-6-19)22-12-20-23(37-22)24(35)33(14-31-20)13-21(34)18-2-1-15-7-9-32(10-8-17(15)11-18)25(36)26(28,29)30/h3-6,11-12,14H,1-2,7-10,13H2. The zero-order chi connectivity index (χ0) is 26.3. The molecule has 0 bridgehead atoms. The van der Waals surface area contributed by atoms with Crippen LogP contribution in [0, 0.1) is 0 Å². The molecule has 37 heavy (non-hydrogen) atoms. The molecular formula is C26H21ClF3N3O3S. The number of Topliss-reactive ketones (excluding diaryl/α,β-unsaturated/α-hetero) is 1. The molecule has 2 aliphatic rings. The fourth-order valence-corrected chi connectivity index (χ4v) is 5.87. The molecule has 0 saturated heterocycles. The largest absolute Gasteiger partial charge is 0.471 e. The molecule has 0 N–H and O–H groups in total. The Morgan fingerprint density at radius 3 is 2.51 bits per heavy atom. The molecule has 1 aromatic carbocycles. The van der Waals surface area contributed by atoms with Crippen LogP contribution in [0.5, 0.6) is 0 Å². The fourth-order valence-electron chi connectivity index (χ4n) is 4.68. The molecule has 0 fully saturated rings. The van der Waals surface area contributed by atoms with E-state index in [9.17, 15) is 27.6 Å². The number of hydrogen-bond acceptors (Lipinski definition) is 5. The van der Waals surface area contributed by atoms with Gasteiger partial charge in [0.2, 0.25) is 0 Å². The Balaban J connectivity index is 1.33. The van der Waals surface area contributed by atoms with E-state index < -0.39 is 12.1 Å². The van der Waals surface area contributed by atoms with Gasteiger partial charge < -0.3 is 4.90 Å². The quantitative estimate of drug-likeness (QED) is 0.429. The van der Waals surface area contributed by atoms with Crippen molar-refractivity contribution in [2.45, 2.75) is 38.4 Å². The van der Waals surface area contributed by atoms with Gasteiger partial charge in [-0.1, -0.05) is 35.4 Å². The number of carbonyl (C=O) groups is 2. The smallest absolute Gasteiger partial charge is 0.334 e. The molecule has 11 heteroatoms. The van der Waals surface area contributed by atoms with Crippen LogP contribution in [0.2, 0.25) is 5.02 Å². The molecule has 0 radical (unpaired) electrons. The monoisotopic (exact) mass is 547 g/mol. The van der Waals surface area contributed by atoms with Crippen molar-refractivity contribution in [3.8, 4) is 10.4 Å². The third-order valence-corrected chi connectivity index (χ3v) is 8.08. The van der Waals surface area contributed by atoms with Gasteiger partial charge in [-0.05, 0) is 60.6 Å². The molecule has 0 unspecified atom stereocenters. The SMILES string of the molecule is O=C(Cn1cnc2cc(-c3ccc(Cl)cc3)sc2c1=O)C1=CC2=C(CC1)CCN(C(=O)C(F)(F)F)CC2. The van der Waals surface area contributed by atoms with Crippen molar-refractivity contribution < 1.29 is 22.8 Å². The molecule has 3 heterocycles. The first kappa shape index (κ1) is 25.4. The van der Waals surface area contributed by atoms with E-state index in [2.05, 4.69) is 4.98 Å². The summed E-state index contributed by atoms with van der Waals surface area (Å²) in [4.78, 5) is 43.9. The third kappa shape index (κ3) is 5.26. The van der Waals surface area contributed by atoms with Crippen molar-refractivity contribution in [2.24, 2.45) is 0 Å². The molecule has 3 aromatic rings. The number of amides is 1. The van der Waals surface area contributed by atoms with Crippen LogP contribution in [-0.2, 0) is 16.1 Å². The number of aromatic nitrogens is 2. The second-order valence-corrected chi connectivity index (χ2v) is 10.5. The van der Waals surface area contributed by atoms with Gasteiger partial charge in [-0.3, -0.25) is 19.0 Å². The van der Waals surface area contributed by atoms with Gasteiger partial charge in [0.05, 0.1) is 18.4 Å². The number of rotatable bonds is 4. The third-order valence-electron chi connectivity index (χ3n) is 6.67. The van der Waals surface area contributed by atoms with Gasteiger partial charge in [0, 0.05) is 23.0 Å². The van der Waals surface area contributed by atoms with Gasteiger partial charge in [-0.2, -0.15) is 13.2 Å². The van der Waals surface area contributed by atoms with E-state index in [1.807, 2.05) is 18.2 Å². The number of fused-ring (bicyclic) bond motifs is 1. The summed E-state index contributed by atoms with van der Waals surface area (Å²) in [5.41, 5.74) is 3.45. The first-order chi connectivity index (χ1) is 17.6. The van der Waals surface area contributed by atoms with Gasteiger partial charge in [0.25, 0.3) is 5.56 Å². The van der Waals surface area contributed by atoms with E-state index in [0.29, 0.717) is 40.1 Å². The van der Waals surface area contributed by atoms with Crippen LogP contribution in [0.15, 0.2) is 64.2 Å². The molecule has 2 aromatic heterocycles. The molecular weight excluding hydrogens is 527 g/mol. The highest BCUT2D eigenvalue weighted by Crippen LogP contribution is 2.33. The summed E-state index contributed by atoms with van der Waals surface area (Å²) in [6.45, 7) is -0.221. The first-order valence-corrected chi connectivity index (χ1v) is 12.9. The van der Waals surface area contributed by atoms with E-state index in [0.717, 1.165) is 26.5 Å². The fraction of sp³-hybridized carbons (Fsp3) is 0.308. The lowest BCUT2D eigenvalue weighted by molar-refractivity contribution is -0.185. The zero-order valence-electron chi connectivity index (χ0n) is 19.5. The minimum atomic E-state index is -4.90. The highest BCUT2D eigenvalue weighted by atomic mass is 35.5. The maximum atomic E-state index is 13.1. The van der Waals surface area contributed by atoms with Crippen LogP contribution in [0.4, 0.5) is 13.2 Å². The summed E-state index contributed by atoms with van der Waals surface area (Å²) in [6.07, 6.45) is -0.224. The Morgan fingerprint density at radius 2 is 1.78 bits per heavy atom. The highest BCUT2D eigenvalue weighted by Gasteiger charge is 2.42. The Hall–Kier alpha value is -3.24. The molecule has 1 amide bonds. The number of benzene rings is 1. The summed E-state index contributed by atoms with van der Waals surface area (Å²) in [5.74, 6) is -2.07. The predicted octanol–water partition coefficient (Wildman–Crippen LogP) is 5.55. The van der Waals surface area contributed by atoms with Crippen molar-refractivity contribution in [3.63, 3.8) is 0 Å². The molecule has 1 aliphatic heterocycles. The van der Waals surface area contributed by atoms with Crippen molar-refractivity contribution >= 4 is 44.8 Å². The molecule has 192 valence electrons. The molecule has 1 aliphatic carbocycles. The first-order valence-electron chi connectivity index (χ1n) is 11.7. The number of carbonyl (C=O) groups excluding carboxylic acids is 2. The predicted molar refractivity (Wildman–Crippen MR) is 136 cm³/mol. The normalized spacial score (nSPS) is 16.4. The summed E-state index contributed by atoms with van der Waals surface area (Å²) < 4.78 is 40.3. The van der Waals surface area contributed by atoms with Gasteiger partial charge in [0.15, 0.2) is 5.78 Å². The van der Waals surface area contributed by atoms with Gasteiger partial charge in [0.1, 0.15) is 4.70 Å². The van der Waals surface area contributed by atoms with Crippen molar-refractivity contribution in [3.05, 3.63) is 74.8 Å². The summed E-state index contributed by atoms with van der Waals surface area (Å²) in [7, 11) is 0. The Labute approximate surface area is 218 Å². The van der Waals surface area contributed by atoms with E-state index in [1.54, 1.807) is 18.2 Å². The van der Waals surface area contributed by atoms with Gasteiger partial charge in [-0.25, -0.2) is 4.98 Å². The number of allylic oxidation sites excluding steroid dienone is 2. The topological polar surface area (TPSA) is 72.3 Å². The van der Waals surface area contributed by atoms with Crippen molar-refractivity contribution in [1.82, 2.24) is 14.5 Å². The lowest BCUT2D eigenvalue weighted by Gasteiger charge is -2.21. The van der Waals surface area contributed by atoms with Crippen LogP contribution in [0.3, 0.4) is 0 Å². The zero-order valence-corrected chi connectivity index (χ0v) is 21.1. The number of thiophene rings is 1. The average molecular weight is 548 g/mol. The van der Waals surface area contributed by atoms with Crippen LogP contribution < -0.4 is 5.56 Å². The van der Waals surface area contributed by atoms with Crippen LogP contribution in [-0.4, -0.2) is 45.4 Å². The molecule has 0 saturated carbocycles. The second-order valence-electron chi connectivity index (χ2n) is 9.02. The molecule has 6 nitrogen and oxygen atoms in total. The lowest BCUT2D eigenvalue weighted by atomic mass is 9.88. The van der Waals surface area contributed by atoms with E-state index in [4.69, 9.17) is 11.6 Å². The summed E-state index contributed by atoms with van der Waals surface area (Å²) in [6, 6.07) is 9.08. The number of alkyl halides is 3. The number of halogens is 4. The average Bonchev–Trinajstić information content (AvgIpc) is 3.19. The summed E-state index contributed by atoms with van der Waals surface area (Å²) >= 11 is 7.26. The Morgan fingerprint density at radius 1 is 1.05 bits per heavy atom. The van der Waals surface area contributed by atoms with Crippen molar-refractivity contribution in [2.75, 3.05) is 13.1 Å². The molecule has 0 atom stereocenters. The lowest BCUT2D eigenvalue weighted by Crippen LogP contribution is -2.41. The van der Waals surface area contributed by atoms with E-state index in [-0.39, 0.29) is 37.4 Å². The molecule has 5 rings (SSSR count). The van der Waals surface area contributed by atoms with Gasteiger partial charge in [-0.15, -0.1) is 11.3 Å². The van der Waals surface area contributed by atoms with Crippen LogP contribution >= 0.6 is 22.9 Å². The second kappa shape index (κ2) is 9.90. The molecule has 0 spiro atoms. The van der Waals surface area contributed by atoms with E-state index >= 15 is 0 Å². The minimum Gasteiger partial charge on any atom is -0.334 e. The van der Waals surface area contributed by atoms with Crippen LogP contribution in [0.1, 0.15) is 25.7 Å². The maximum Gasteiger partial charge on any atom is 0.471 e.